The maximum absolute atomic E-state index is 13.4. The Labute approximate surface area is 324 Å². The van der Waals surface area contributed by atoms with Crippen LogP contribution < -0.4 is 15.4 Å². The Hall–Kier alpha value is -6.10. The summed E-state index contributed by atoms with van der Waals surface area (Å²) in [4.78, 5) is 60.4. The molecule has 294 valence electrons. The maximum Gasteiger partial charge on any atom is 0.416 e. The molecule has 0 saturated carbocycles. The van der Waals surface area contributed by atoms with E-state index in [1.54, 1.807) is 6.07 Å². The number of ether oxygens (including phenoxy) is 1. The molecule has 1 aromatic heterocycles. The van der Waals surface area contributed by atoms with Gasteiger partial charge in [0.25, 0.3) is 11.8 Å². The van der Waals surface area contributed by atoms with Crippen LogP contribution in [0.2, 0.25) is 0 Å². The van der Waals surface area contributed by atoms with Crippen molar-refractivity contribution in [3.05, 3.63) is 119 Å². The van der Waals surface area contributed by atoms with Crippen molar-refractivity contribution in [1.82, 2.24) is 29.6 Å². The standard InChI is InChI=1S/C41H38F3N7O6/c42-41(43,44)27-6-4-5-26(22-27)36(53)47-40-45-32-21-25(9-12-33(32)50(40)28-7-2-1-3-8-28)24-49-17-15-48(16-18-49)19-20-57-29-10-11-30-31(23-29)39(56)51(38(30)55)34-13-14-35(52)46-37(34)54/h1-12,21-23,34,36,53H,13-20,24H2,(H,45,47)(H,46,52,54). The number of aromatic nitrogens is 2. The highest BCUT2D eigenvalue weighted by molar-refractivity contribution is 6.23. The van der Waals surface area contributed by atoms with Crippen LogP contribution in [-0.4, -0.2) is 98.4 Å². The van der Waals surface area contributed by atoms with Crippen molar-refractivity contribution in [1.29, 1.82) is 0 Å². The van der Waals surface area contributed by atoms with Gasteiger partial charge in [-0.15, -0.1) is 0 Å². The van der Waals surface area contributed by atoms with E-state index in [0.717, 1.165) is 60.0 Å². The molecule has 16 heteroatoms. The van der Waals surface area contributed by atoms with Crippen LogP contribution >= 0.6 is 0 Å². The lowest BCUT2D eigenvalue weighted by atomic mass is 10.0. The number of halogens is 3. The third-order valence-electron chi connectivity index (χ3n) is 10.5. The van der Waals surface area contributed by atoms with Gasteiger partial charge in [0.05, 0.1) is 27.7 Å². The molecule has 2 atom stereocenters. The highest BCUT2D eigenvalue weighted by Gasteiger charge is 2.44. The van der Waals surface area contributed by atoms with E-state index in [2.05, 4.69) is 20.4 Å². The number of rotatable bonds is 11. The zero-order valence-corrected chi connectivity index (χ0v) is 30.5. The number of hydrogen-bond acceptors (Lipinski definition) is 10. The fourth-order valence-corrected chi connectivity index (χ4v) is 7.51. The van der Waals surface area contributed by atoms with Crippen molar-refractivity contribution in [2.75, 3.05) is 44.6 Å². The molecule has 2 fully saturated rings. The second-order valence-corrected chi connectivity index (χ2v) is 14.2. The predicted octanol–water partition coefficient (Wildman–Crippen LogP) is 4.75. The second kappa shape index (κ2) is 15.4. The number of anilines is 1. The molecule has 3 aliphatic heterocycles. The Morgan fingerprint density at radius 3 is 2.37 bits per heavy atom. The number of imide groups is 2. The van der Waals surface area contributed by atoms with Crippen LogP contribution in [0.15, 0.2) is 91.0 Å². The van der Waals surface area contributed by atoms with E-state index in [1.807, 2.05) is 53.1 Å². The zero-order valence-electron chi connectivity index (χ0n) is 30.5. The number of para-hydroxylation sites is 1. The minimum Gasteiger partial charge on any atom is -0.492 e. The van der Waals surface area contributed by atoms with Crippen molar-refractivity contribution in [2.45, 2.75) is 37.8 Å². The highest BCUT2D eigenvalue weighted by atomic mass is 19.4. The summed E-state index contributed by atoms with van der Waals surface area (Å²) in [5.74, 6) is -1.52. The van der Waals surface area contributed by atoms with Gasteiger partial charge in [0.1, 0.15) is 18.4 Å². The molecule has 0 spiro atoms. The van der Waals surface area contributed by atoms with Crippen LogP contribution in [0.4, 0.5) is 19.1 Å². The number of piperidine rings is 1. The van der Waals surface area contributed by atoms with E-state index < -0.39 is 47.6 Å². The predicted molar refractivity (Wildman–Crippen MR) is 201 cm³/mol. The molecule has 3 N–H and O–H groups in total. The second-order valence-electron chi connectivity index (χ2n) is 14.2. The monoisotopic (exact) mass is 781 g/mol. The van der Waals surface area contributed by atoms with Crippen LogP contribution in [0.1, 0.15) is 56.5 Å². The average molecular weight is 782 g/mol. The number of carbonyl (C=O) groups is 4. The van der Waals surface area contributed by atoms with E-state index >= 15 is 0 Å². The normalized spacial score (nSPS) is 18.5. The first kappa shape index (κ1) is 37.8. The van der Waals surface area contributed by atoms with Crippen molar-refractivity contribution in [2.24, 2.45) is 0 Å². The van der Waals surface area contributed by atoms with Crippen LogP contribution in [0.5, 0.6) is 5.75 Å². The number of piperazine rings is 1. The fourth-order valence-electron chi connectivity index (χ4n) is 7.51. The van der Waals surface area contributed by atoms with Crippen LogP contribution in [0.25, 0.3) is 16.7 Å². The fraction of sp³-hybridized carbons (Fsp3) is 0.293. The molecule has 13 nitrogen and oxygen atoms in total. The number of aliphatic hydroxyl groups excluding tert-OH is 1. The molecule has 3 aliphatic rings. The summed E-state index contributed by atoms with van der Waals surface area (Å²) in [6.07, 6.45) is -5.86. The Balaban J connectivity index is 0.872. The number of alkyl halides is 3. The lowest BCUT2D eigenvalue weighted by Crippen LogP contribution is -2.54. The summed E-state index contributed by atoms with van der Waals surface area (Å²) in [7, 11) is 0. The lowest BCUT2D eigenvalue weighted by Gasteiger charge is -2.34. The number of benzene rings is 4. The highest BCUT2D eigenvalue weighted by Crippen LogP contribution is 2.33. The van der Waals surface area contributed by atoms with E-state index in [4.69, 9.17) is 9.72 Å². The molecule has 8 rings (SSSR count). The number of hydrogen-bond donors (Lipinski definition) is 3. The van der Waals surface area contributed by atoms with E-state index in [-0.39, 0.29) is 35.5 Å². The van der Waals surface area contributed by atoms with E-state index in [0.29, 0.717) is 31.0 Å². The van der Waals surface area contributed by atoms with Crippen LogP contribution in [-0.2, 0) is 22.3 Å². The molecular weight excluding hydrogens is 743 g/mol. The van der Waals surface area contributed by atoms with Gasteiger partial charge in [-0.2, -0.15) is 13.2 Å². The molecule has 4 amide bonds. The van der Waals surface area contributed by atoms with Crippen LogP contribution in [0.3, 0.4) is 0 Å². The molecule has 57 heavy (non-hydrogen) atoms. The summed E-state index contributed by atoms with van der Waals surface area (Å²) in [5, 5.41) is 16.1. The molecular formula is C41H38F3N7O6. The Bertz CT molecular complexity index is 2360. The van der Waals surface area contributed by atoms with Crippen molar-refractivity contribution < 1.29 is 42.2 Å². The molecule has 4 aromatic carbocycles. The van der Waals surface area contributed by atoms with Crippen molar-refractivity contribution >= 4 is 40.6 Å². The SMILES string of the molecule is O=C1CCC(N2C(=O)c3ccc(OCCN4CCN(Cc5ccc6c(c5)nc(NC(O)c5cccc(C(F)(F)F)c5)n6-c5ccccc5)CC4)cc3C2=O)C(=O)N1. The van der Waals surface area contributed by atoms with Gasteiger partial charge in [0.2, 0.25) is 17.8 Å². The van der Waals surface area contributed by atoms with Gasteiger partial charge >= 0.3 is 6.18 Å². The third kappa shape index (κ3) is 7.83. The maximum atomic E-state index is 13.4. The smallest absolute Gasteiger partial charge is 0.416 e. The van der Waals surface area contributed by atoms with Crippen molar-refractivity contribution in [3.8, 4) is 11.4 Å². The van der Waals surface area contributed by atoms with Gasteiger partial charge in [0, 0.05) is 56.9 Å². The van der Waals surface area contributed by atoms with Crippen LogP contribution in [0, 0.1) is 0 Å². The molecule has 0 aliphatic carbocycles. The molecule has 2 saturated heterocycles. The summed E-state index contributed by atoms with van der Waals surface area (Å²) >= 11 is 0. The van der Waals surface area contributed by atoms with Gasteiger partial charge in [-0.25, -0.2) is 4.98 Å². The Kier molecular flexibility index (Phi) is 10.2. The van der Waals surface area contributed by atoms with E-state index in [9.17, 15) is 37.5 Å². The van der Waals surface area contributed by atoms with E-state index in [1.165, 1.54) is 24.3 Å². The van der Waals surface area contributed by atoms with Crippen molar-refractivity contribution in [3.63, 3.8) is 0 Å². The number of amides is 4. The first-order chi connectivity index (χ1) is 27.4. The van der Waals surface area contributed by atoms with Gasteiger partial charge in [-0.1, -0.05) is 36.4 Å². The molecule has 4 heterocycles. The first-order valence-electron chi connectivity index (χ1n) is 18.5. The Morgan fingerprint density at radius 1 is 0.860 bits per heavy atom. The largest absolute Gasteiger partial charge is 0.492 e. The van der Waals surface area contributed by atoms with Gasteiger partial charge in [-0.3, -0.25) is 43.8 Å². The van der Waals surface area contributed by atoms with Gasteiger partial charge < -0.3 is 15.2 Å². The number of aliphatic hydroxyl groups is 1. The topological polar surface area (TPSA) is 149 Å². The quantitative estimate of drug-likeness (QED) is 0.127. The number of nitrogens with zero attached hydrogens (tertiary/aromatic N) is 5. The molecule has 0 radical (unpaired) electrons. The molecule has 0 bridgehead atoms. The number of carbonyl (C=O) groups excluding carboxylic acids is 4. The third-order valence-corrected chi connectivity index (χ3v) is 10.5. The minimum absolute atomic E-state index is 0.0500. The summed E-state index contributed by atoms with van der Waals surface area (Å²) in [5.41, 5.74) is 2.79. The summed E-state index contributed by atoms with van der Waals surface area (Å²) in [6.45, 7) is 4.88. The summed E-state index contributed by atoms with van der Waals surface area (Å²) in [6, 6.07) is 23.6. The molecule has 2 unspecified atom stereocenters. The summed E-state index contributed by atoms with van der Waals surface area (Å²) < 4.78 is 47.9. The number of fused-ring (bicyclic) bond motifs is 2. The van der Waals surface area contributed by atoms with Gasteiger partial charge in [0.15, 0.2) is 6.23 Å². The number of nitrogens with one attached hydrogen (secondary N) is 2. The average Bonchev–Trinajstić information content (AvgIpc) is 3.67. The Morgan fingerprint density at radius 2 is 1.61 bits per heavy atom. The lowest BCUT2D eigenvalue weighted by molar-refractivity contribution is -0.138. The molecule has 5 aromatic rings. The number of imidazole rings is 1. The first-order valence-corrected chi connectivity index (χ1v) is 18.5. The van der Waals surface area contributed by atoms with Gasteiger partial charge in [-0.05, 0) is 66.6 Å². The minimum atomic E-state index is -4.55. The zero-order chi connectivity index (χ0) is 39.8.